The first-order valence-electron chi connectivity index (χ1n) is 18.6. The molecule has 6 heterocycles. The molecule has 8 rings (SSSR count). The van der Waals surface area contributed by atoms with Crippen molar-refractivity contribution in [3.63, 3.8) is 0 Å². The second-order valence-corrected chi connectivity index (χ2v) is 21.7. The van der Waals surface area contributed by atoms with Crippen LogP contribution in [0.1, 0.15) is 86.4 Å². The number of nitrogens with zero attached hydrogens (tertiary/aromatic N) is 3. The average Bonchev–Trinajstić information content (AvgIpc) is 3.43. The number of hydrogen-bond donors (Lipinski definition) is 0. The fraction of sp³-hybridized carbons (Fsp3) is 0.356. The van der Waals surface area contributed by atoms with Crippen LogP contribution in [0, 0.1) is 12.8 Å². The van der Waals surface area contributed by atoms with E-state index >= 15 is 0 Å². The number of furan rings is 1. The van der Waals surface area contributed by atoms with E-state index in [9.17, 15) is 0 Å². The van der Waals surface area contributed by atoms with E-state index in [0.717, 1.165) is 53.4 Å². The molecule has 0 N–H and O–H groups in total. The first-order valence-corrected chi connectivity index (χ1v) is 22.1. The highest BCUT2D eigenvalue weighted by Crippen LogP contribution is 2.46. The minimum absolute atomic E-state index is 0.253. The summed E-state index contributed by atoms with van der Waals surface area (Å²) in [6, 6.07) is 25.6. The van der Waals surface area contributed by atoms with Crippen LogP contribution >= 0.6 is 0 Å². The Labute approximate surface area is 298 Å². The Morgan fingerprint density at radius 1 is 0.940 bits per heavy atom. The largest absolute Gasteiger partial charge is 0.437 e. The maximum absolute atomic E-state index is 6.74. The molecule has 0 amide bonds. The lowest BCUT2D eigenvalue weighted by atomic mass is 9.77. The van der Waals surface area contributed by atoms with Crippen molar-refractivity contribution in [2.75, 3.05) is 0 Å². The quantitative estimate of drug-likeness (QED) is 0.137. The van der Waals surface area contributed by atoms with E-state index in [0.29, 0.717) is 23.5 Å². The average molecular weight is 678 g/mol. The van der Waals surface area contributed by atoms with Crippen LogP contribution in [0.5, 0.6) is 0 Å². The standard InChI is InChI=1S/C45H51N3OSi/c1-27(2)22-31-20-21-47-30(6)23-39-35(33-12-10-11-13-34(33)40-25-38(28(3)4)42(26-48(39)40)50(7,8)9)18-15-32-16-19-36-37-17-14-29(5)46-45(37)49-44(36)43(32)41(47)24-31/h10-14,16-17,19-21,24-28,35,39H,6,15,18,22-23H2,1-5,7-9H3/q+2. The Kier molecular flexibility index (Phi) is 7.98. The number of aromatic nitrogens is 3. The van der Waals surface area contributed by atoms with Crippen molar-refractivity contribution in [3.05, 3.63) is 114 Å². The Morgan fingerprint density at radius 2 is 1.72 bits per heavy atom. The minimum Gasteiger partial charge on any atom is -0.437 e. The third-order valence-electron chi connectivity index (χ3n) is 11.2. The van der Waals surface area contributed by atoms with Crippen LogP contribution in [0.3, 0.4) is 0 Å². The molecule has 0 radical (unpaired) electrons. The minimum atomic E-state index is -1.64. The number of aryl methyl sites for hydroxylation is 2. The highest BCUT2D eigenvalue weighted by Gasteiger charge is 2.44. The molecule has 0 bridgehead atoms. The maximum Gasteiger partial charge on any atom is 0.227 e. The van der Waals surface area contributed by atoms with Gasteiger partial charge in [-0.1, -0.05) is 77.7 Å². The van der Waals surface area contributed by atoms with Gasteiger partial charge in [0, 0.05) is 51.3 Å². The van der Waals surface area contributed by atoms with E-state index in [-0.39, 0.29) is 6.04 Å². The van der Waals surface area contributed by atoms with Gasteiger partial charge < -0.3 is 4.42 Å². The Balaban J connectivity index is 1.38. The van der Waals surface area contributed by atoms with Crippen molar-refractivity contribution in [1.82, 2.24) is 4.98 Å². The molecule has 4 aromatic heterocycles. The highest BCUT2D eigenvalue weighted by atomic mass is 28.3. The number of fused-ring (bicyclic) bond motifs is 13. The second kappa shape index (κ2) is 12.2. The summed E-state index contributed by atoms with van der Waals surface area (Å²) in [5, 5.41) is 3.77. The number of benzene rings is 2. The number of pyridine rings is 3. The molecule has 6 aromatic rings. The van der Waals surface area contributed by atoms with Crippen LogP contribution in [0.2, 0.25) is 19.6 Å². The van der Waals surface area contributed by atoms with Crippen LogP contribution in [0.4, 0.5) is 0 Å². The molecule has 0 saturated heterocycles. The van der Waals surface area contributed by atoms with Crippen molar-refractivity contribution in [3.8, 4) is 22.5 Å². The summed E-state index contributed by atoms with van der Waals surface area (Å²) in [7, 11) is -1.64. The maximum atomic E-state index is 6.74. The van der Waals surface area contributed by atoms with Gasteiger partial charge in [0.05, 0.1) is 20.1 Å². The number of allylic oxidation sites excluding steroid dienone is 1. The molecule has 4 nitrogen and oxygen atoms in total. The number of hydrogen-bond acceptors (Lipinski definition) is 2. The Bertz CT molecular complexity index is 2320. The van der Waals surface area contributed by atoms with E-state index in [1.807, 2.05) is 6.92 Å². The summed E-state index contributed by atoms with van der Waals surface area (Å²) in [5.74, 6) is 1.37. The second-order valence-electron chi connectivity index (χ2n) is 16.7. The van der Waals surface area contributed by atoms with Gasteiger partial charge in [0.2, 0.25) is 17.1 Å². The summed E-state index contributed by atoms with van der Waals surface area (Å²) in [6.07, 6.45) is 8.72. The lowest BCUT2D eigenvalue weighted by Gasteiger charge is -2.33. The Hall–Kier alpha value is -4.35. The van der Waals surface area contributed by atoms with Crippen LogP contribution in [-0.4, -0.2) is 13.1 Å². The molecule has 2 unspecified atom stereocenters. The van der Waals surface area contributed by atoms with Crippen molar-refractivity contribution >= 4 is 41.0 Å². The predicted octanol–water partition coefficient (Wildman–Crippen LogP) is 10.2. The fourth-order valence-corrected chi connectivity index (χ4v) is 10.6. The molecule has 2 atom stereocenters. The number of rotatable bonds is 4. The van der Waals surface area contributed by atoms with E-state index < -0.39 is 8.07 Å². The molecule has 0 fully saturated rings. The molecular weight excluding hydrogens is 627 g/mol. The normalized spacial score (nSPS) is 17.4. The summed E-state index contributed by atoms with van der Waals surface area (Å²) in [4.78, 5) is 4.82. The monoisotopic (exact) mass is 677 g/mol. The van der Waals surface area contributed by atoms with Crippen molar-refractivity contribution in [2.45, 2.75) is 97.8 Å². The summed E-state index contributed by atoms with van der Waals surface area (Å²) < 4.78 is 11.8. The molecule has 0 aliphatic carbocycles. The first-order chi connectivity index (χ1) is 23.9. The molecule has 254 valence electrons. The molecule has 5 heteroatoms. The van der Waals surface area contributed by atoms with Crippen LogP contribution in [0.15, 0.2) is 90.1 Å². The van der Waals surface area contributed by atoms with Gasteiger partial charge in [-0.25, -0.2) is 4.98 Å². The highest BCUT2D eigenvalue weighted by molar-refractivity contribution is 6.89. The van der Waals surface area contributed by atoms with Gasteiger partial charge in [-0.15, -0.1) is 0 Å². The van der Waals surface area contributed by atoms with Crippen molar-refractivity contribution in [1.29, 1.82) is 0 Å². The van der Waals surface area contributed by atoms with Gasteiger partial charge in [-0.05, 0) is 85.1 Å². The van der Waals surface area contributed by atoms with Gasteiger partial charge in [0.25, 0.3) is 0 Å². The van der Waals surface area contributed by atoms with Gasteiger partial charge in [-0.3, -0.25) is 0 Å². The van der Waals surface area contributed by atoms with Gasteiger partial charge in [-0.2, -0.15) is 9.13 Å². The van der Waals surface area contributed by atoms with E-state index in [2.05, 4.69) is 136 Å². The Morgan fingerprint density at radius 3 is 2.48 bits per heavy atom. The molecular formula is C45H51N3OSi+2. The van der Waals surface area contributed by atoms with Crippen LogP contribution < -0.4 is 14.3 Å². The first kappa shape index (κ1) is 32.8. The summed E-state index contributed by atoms with van der Waals surface area (Å²) >= 11 is 0. The lowest BCUT2D eigenvalue weighted by Crippen LogP contribution is -2.54. The molecule has 50 heavy (non-hydrogen) atoms. The summed E-state index contributed by atoms with van der Waals surface area (Å²) in [6.45, 7) is 23.7. The van der Waals surface area contributed by atoms with Crippen molar-refractivity contribution < 1.29 is 13.6 Å². The topological polar surface area (TPSA) is 33.8 Å². The zero-order valence-corrected chi connectivity index (χ0v) is 32.1. The molecule has 0 spiro atoms. The van der Waals surface area contributed by atoms with Crippen LogP contribution in [-0.2, 0) is 12.8 Å². The van der Waals surface area contributed by atoms with E-state index in [1.54, 1.807) is 5.19 Å². The third kappa shape index (κ3) is 5.45. The zero-order chi connectivity index (χ0) is 35.1. The fourth-order valence-electron chi connectivity index (χ4n) is 8.83. The molecule has 2 aliphatic heterocycles. The summed E-state index contributed by atoms with van der Waals surface area (Å²) in [5.41, 5.74) is 14.4. The molecule has 2 aliphatic rings. The molecule has 0 saturated carbocycles. The molecule has 2 aromatic carbocycles. The lowest BCUT2D eigenvalue weighted by molar-refractivity contribution is -0.719. The van der Waals surface area contributed by atoms with E-state index in [1.165, 1.54) is 44.8 Å². The van der Waals surface area contributed by atoms with Crippen molar-refractivity contribution in [2.24, 2.45) is 5.92 Å². The predicted molar refractivity (Wildman–Crippen MR) is 210 cm³/mol. The van der Waals surface area contributed by atoms with Gasteiger partial charge in [0.1, 0.15) is 0 Å². The zero-order valence-electron chi connectivity index (χ0n) is 31.1. The van der Waals surface area contributed by atoms with Gasteiger partial charge >= 0.3 is 0 Å². The SMILES string of the molecule is C=C1CC2C(CCc3ccc4c(oc5nc(C)ccc54)c3-c3cc(CC(C)C)cc[n+]31)c1ccccc1-c1cc(C(C)C)c([Si](C)(C)C)c[n+]12. The van der Waals surface area contributed by atoms with Crippen LogP contribution in [0.25, 0.3) is 50.3 Å². The van der Waals surface area contributed by atoms with E-state index in [4.69, 9.17) is 16.0 Å². The van der Waals surface area contributed by atoms with Gasteiger partial charge in [0.15, 0.2) is 29.7 Å². The smallest absolute Gasteiger partial charge is 0.227 e. The third-order valence-corrected chi connectivity index (χ3v) is 13.2.